The van der Waals surface area contributed by atoms with E-state index in [0.29, 0.717) is 6.54 Å². The Labute approximate surface area is 91.3 Å². The van der Waals surface area contributed by atoms with Crippen molar-refractivity contribution in [1.29, 1.82) is 0 Å². The van der Waals surface area contributed by atoms with Gasteiger partial charge in [0, 0.05) is 29.1 Å². The molecule has 0 aliphatic heterocycles. The van der Waals surface area contributed by atoms with Crippen LogP contribution < -0.4 is 5.32 Å². The van der Waals surface area contributed by atoms with E-state index in [9.17, 15) is 9.59 Å². The lowest BCUT2D eigenvalue weighted by Gasteiger charge is -1.99. The summed E-state index contributed by atoms with van der Waals surface area (Å²) in [5, 5.41) is 2.71. The lowest BCUT2D eigenvalue weighted by molar-refractivity contribution is 0.263. The number of carbonyl (C=O) groups is 1. The SMILES string of the molecule is O=C=NCCCCCCNC(=O)I. The Hall–Kier alpha value is -0.420. The Bertz CT molecular complexity index is 185. The first-order valence-corrected chi connectivity index (χ1v) is 5.32. The van der Waals surface area contributed by atoms with Gasteiger partial charge in [-0.15, -0.1) is 0 Å². The first-order chi connectivity index (χ1) is 6.27. The van der Waals surface area contributed by atoms with Crippen LogP contribution >= 0.6 is 22.6 Å². The second-order valence-electron chi connectivity index (χ2n) is 2.59. The summed E-state index contributed by atoms with van der Waals surface area (Å²) in [4.78, 5) is 23.6. The normalized spacial score (nSPS) is 9.00. The molecule has 0 saturated heterocycles. The number of hydrogen-bond acceptors (Lipinski definition) is 3. The van der Waals surface area contributed by atoms with Gasteiger partial charge in [-0.05, 0) is 12.8 Å². The summed E-state index contributed by atoms with van der Waals surface area (Å²) >= 11 is 1.71. The molecule has 0 unspecified atom stereocenters. The second-order valence-corrected chi connectivity index (χ2v) is 3.57. The number of aliphatic imine (C=N–C) groups is 1. The second kappa shape index (κ2) is 9.67. The number of nitrogens with one attached hydrogen (secondary N) is 1. The van der Waals surface area contributed by atoms with Gasteiger partial charge in [-0.3, -0.25) is 4.79 Å². The molecule has 4 nitrogen and oxygen atoms in total. The van der Waals surface area contributed by atoms with Crippen molar-refractivity contribution in [2.24, 2.45) is 4.99 Å². The fourth-order valence-electron chi connectivity index (χ4n) is 0.902. The molecule has 74 valence electrons. The molecule has 0 bridgehead atoms. The largest absolute Gasteiger partial charge is 0.348 e. The number of unbranched alkanes of at least 4 members (excludes halogenated alkanes) is 3. The van der Waals surface area contributed by atoms with Gasteiger partial charge in [0.05, 0.1) is 6.54 Å². The predicted octanol–water partition coefficient (Wildman–Crippen LogP) is 2.03. The smallest absolute Gasteiger partial charge is 0.280 e. The number of rotatable bonds is 7. The van der Waals surface area contributed by atoms with E-state index in [1.165, 1.54) is 6.08 Å². The lowest BCUT2D eigenvalue weighted by atomic mass is 10.2. The molecule has 0 saturated carbocycles. The van der Waals surface area contributed by atoms with E-state index in [2.05, 4.69) is 10.3 Å². The monoisotopic (exact) mass is 296 g/mol. The maximum absolute atomic E-state index is 10.4. The molecule has 0 aliphatic rings. The van der Waals surface area contributed by atoms with E-state index in [-0.39, 0.29) is 3.91 Å². The van der Waals surface area contributed by atoms with E-state index < -0.39 is 0 Å². The molecule has 0 fully saturated rings. The van der Waals surface area contributed by atoms with Gasteiger partial charge in [0.1, 0.15) is 0 Å². The minimum absolute atomic E-state index is 0.0110. The van der Waals surface area contributed by atoms with Gasteiger partial charge in [-0.25, -0.2) is 9.79 Å². The predicted molar refractivity (Wildman–Crippen MR) is 58.9 cm³/mol. The summed E-state index contributed by atoms with van der Waals surface area (Å²) in [5.41, 5.74) is 0. The number of hydrogen-bond donors (Lipinski definition) is 1. The van der Waals surface area contributed by atoms with Crippen LogP contribution in [0.15, 0.2) is 4.99 Å². The summed E-state index contributed by atoms with van der Waals surface area (Å²) in [6, 6.07) is 0. The van der Waals surface area contributed by atoms with E-state index in [0.717, 1.165) is 32.2 Å². The van der Waals surface area contributed by atoms with Gasteiger partial charge in [-0.2, -0.15) is 0 Å². The molecule has 0 atom stereocenters. The highest BCUT2D eigenvalue weighted by atomic mass is 127. The van der Waals surface area contributed by atoms with Crippen LogP contribution in [0.25, 0.3) is 0 Å². The van der Waals surface area contributed by atoms with Gasteiger partial charge in [0.2, 0.25) is 6.08 Å². The highest BCUT2D eigenvalue weighted by Gasteiger charge is 1.92. The molecule has 0 aromatic heterocycles. The van der Waals surface area contributed by atoms with Crippen molar-refractivity contribution in [1.82, 2.24) is 5.32 Å². The number of nitrogens with zero attached hydrogens (tertiary/aromatic N) is 1. The van der Waals surface area contributed by atoms with E-state index in [4.69, 9.17) is 0 Å². The molecule has 13 heavy (non-hydrogen) atoms. The van der Waals surface area contributed by atoms with Crippen LogP contribution in [0.4, 0.5) is 4.79 Å². The van der Waals surface area contributed by atoms with Crippen molar-refractivity contribution in [3.05, 3.63) is 0 Å². The Morgan fingerprint density at radius 3 is 2.62 bits per heavy atom. The summed E-state index contributed by atoms with van der Waals surface area (Å²) < 4.78 is -0.0110. The van der Waals surface area contributed by atoms with Crippen LogP contribution in [-0.4, -0.2) is 23.1 Å². The quantitative estimate of drug-likeness (QED) is 0.195. The number of amides is 1. The third kappa shape index (κ3) is 11.6. The Kier molecular flexibility index (Phi) is 9.35. The van der Waals surface area contributed by atoms with Crippen LogP contribution in [0.1, 0.15) is 25.7 Å². The first-order valence-electron chi connectivity index (χ1n) is 4.24. The molecule has 1 amide bonds. The Morgan fingerprint density at radius 2 is 2.00 bits per heavy atom. The average molecular weight is 296 g/mol. The molecule has 0 rings (SSSR count). The van der Waals surface area contributed by atoms with Gasteiger partial charge < -0.3 is 5.32 Å². The number of carbonyl (C=O) groups excluding carboxylic acids is 2. The molecular weight excluding hydrogens is 283 g/mol. The van der Waals surface area contributed by atoms with Crippen LogP contribution in [0.5, 0.6) is 0 Å². The van der Waals surface area contributed by atoms with Crippen LogP contribution in [-0.2, 0) is 4.79 Å². The fraction of sp³-hybridized carbons (Fsp3) is 0.750. The third-order valence-electron chi connectivity index (χ3n) is 1.53. The Balaban J connectivity index is 2.99. The van der Waals surface area contributed by atoms with Crippen molar-refractivity contribution < 1.29 is 9.59 Å². The molecule has 1 N–H and O–H groups in total. The number of isocyanates is 1. The minimum Gasteiger partial charge on any atom is -0.348 e. The standard InChI is InChI=1S/C8H13IN2O2/c9-8(13)11-6-4-2-1-3-5-10-7-12/h1-6H2,(H,11,13). The van der Waals surface area contributed by atoms with Crippen molar-refractivity contribution in [3.63, 3.8) is 0 Å². The molecule has 0 aromatic rings. The van der Waals surface area contributed by atoms with Crippen molar-refractivity contribution in [3.8, 4) is 0 Å². The Morgan fingerprint density at radius 1 is 1.31 bits per heavy atom. The molecule has 0 aliphatic carbocycles. The topological polar surface area (TPSA) is 58.5 Å². The van der Waals surface area contributed by atoms with Crippen molar-refractivity contribution in [2.75, 3.05) is 13.1 Å². The summed E-state index contributed by atoms with van der Waals surface area (Å²) in [7, 11) is 0. The average Bonchev–Trinajstić information content (AvgIpc) is 2.09. The fourth-order valence-corrected chi connectivity index (χ4v) is 1.17. The maximum Gasteiger partial charge on any atom is 0.280 e. The molecule has 5 heteroatoms. The van der Waals surface area contributed by atoms with E-state index in [1.54, 1.807) is 22.6 Å². The highest BCUT2D eigenvalue weighted by molar-refractivity contribution is 14.1. The van der Waals surface area contributed by atoms with Gasteiger partial charge >= 0.3 is 0 Å². The van der Waals surface area contributed by atoms with E-state index >= 15 is 0 Å². The van der Waals surface area contributed by atoms with E-state index in [1.807, 2.05) is 0 Å². The van der Waals surface area contributed by atoms with Gasteiger partial charge in [0.15, 0.2) is 0 Å². The van der Waals surface area contributed by atoms with Crippen LogP contribution in [0.3, 0.4) is 0 Å². The minimum atomic E-state index is -0.0110. The first kappa shape index (κ1) is 12.6. The van der Waals surface area contributed by atoms with Crippen molar-refractivity contribution >= 4 is 32.6 Å². The molecule has 0 radical (unpaired) electrons. The lowest BCUT2D eigenvalue weighted by Crippen LogP contribution is -2.16. The molecule has 0 aromatic carbocycles. The zero-order chi connectivity index (χ0) is 9.94. The van der Waals surface area contributed by atoms with Gasteiger partial charge in [0.25, 0.3) is 3.91 Å². The number of halogens is 1. The summed E-state index contributed by atoms with van der Waals surface area (Å²) in [6.07, 6.45) is 5.52. The maximum atomic E-state index is 10.4. The highest BCUT2D eigenvalue weighted by Crippen LogP contribution is 1.99. The molecular formula is C8H13IN2O2. The molecule has 0 heterocycles. The summed E-state index contributed by atoms with van der Waals surface area (Å²) in [6.45, 7) is 1.31. The van der Waals surface area contributed by atoms with Gasteiger partial charge in [-0.1, -0.05) is 12.8 Å². The van der Waals surface area contributed by atoms with Crippen molar-refractivity contribution in [2.45, 2.75) is 25.7 Å². The zero-order valence-corrected chi connectivity index (χ0v) is 9.54. The third-order valence-corrected chi connectivity index (χ3v) is 1.91. The van der Waals surface area contributed by atoms with Crippen LogP contribution in [0, 0.1) is 0 Å². The zero-order valence-electron chi connectivity index (χ0n) is 7.38. The summed E-state index contributed by atoms with van der Waals surface area (Å²) in [5.74, 6) is 0. The van der Waals surface area contributed by atoms with Crippen LogP contribution in [0.2, 0.25) is 0 Å². The molecule has 0 spiro atoms.